The van der Waals surface area contributed by atoms with E-state index in [-0.39, 0.29) is 12.4 Å². The van der Waals surface area contributed by atoms with Gasteiger partial charge < -0.3 is 9.47 Å². The highest BCUT2D eigenvalue weighted by molar-refractivity contribution is 6.09. The molecule has 0 unspecified atom stereocenters. The minimum absolute atomic E-state index is 0.199. The highest BCUT2D eigenvalue weighted by Gasteiger charge is 2.47. The van der Waals surface area contributed by atoms with Gasteiger partial charge in [-0.3, -0.25) is 9.69 Å². The third-order valence-electron chi connectivity index (χ3n) is 3.81. The molecule has 1 amide bonds. The number of hydrogen-bond acceptors (Lipinski definition) is 4. The number of rotatable bonds is 3. The number of Topliss-reactive ketones (excluding diaryl/α,β-unsaturated/α-hetero) is 1. The van der Waals surface area contributed by atoms with Crippen molar-refractivity contribution in [1.29, 1.82) is 0 Å². The third-order valence-corrected chi connectivity index (χ3v) is 3.81. The van der Waals surface area contributed by atoms with Gasteiger partial charge in [-0.2, -0.15) is 0 Å². The van der Waals surface area contributed by atoms with Crippen LogP contribution in [0.5, 0.6) is 0 Å². The van der Waals surface area contributed by atoms with Crippen LogP contribution in [0.25, 0.3) is 0 Å². The van der Waals surface area contributed by atoms with Crippen LogP contribution in [0.1, 0.15) is 45.0 Å². The Labute approximate surface area is 143 Å². The van der Waals surface area contributed by atoms with Gasteiger partial charge in [-0.05, 0) is 34.6 Å². The van der Waals surface area contributed by atoms with Crippen molar-refractivity contribution in [2.24, 2.45) is 0 Å². The van der Waals surface area contributed by atoms with Gasteiger partial charge in [0.05, 0.1) is 12.6 Å². The lowest BCUT2D eigenvalue weighted by molar-refractivity contribution is -0.0612. The fourth-order valence-corrected chi connectivity index (χ4v) is 2.64. The number of hydrogen-bond donors (Lipinski definition) is 0. The number of ether oxygens (including phenoxy) is 2. The SMILES string of the molecule is C=C(C(=O)c1ccccc1)[C@@H]1COC(C)(C)N1C(=O)OC(C)(C)C. The Morgan fingerprint density at radius 3 is 2.38 bits per heavy atom. The van der Waals surface area contributed by atoms with Crippen LogP contribution in [0.2, 0.25) is 0 Å². The average Bonchev–Trinajstić information content (AvgIpc) is 2.80. The molecule has 5 heteroatoms. The Morgan fingerprint density at radius 1 is 1.25 bits per heavy atom. The molecule has 5 nitrogen and oxygen atoms in total. The second kappa shape index (κ2) is 6.40. The summed E-state index contributed by atoms with van der Waals surface area (Å²) in [6, 6.07) is 8.33. The molecule has 1 heterocycles. The molecule has 1 saturated heterocycles. The van der Waals surface area contributed by atoms with E-state index in [1.54, 1.807) is 58.9 Å². The Morgan fingerprint density at radius 2 is 1.83 bits per heavy atom. The van der Waals surface area contributed by atoms with Crippen LogP contribution in [0.15, 0.2) is 42.5 Å². The van der Waals surface area contributed by atoms with E-state index in [9.17, 15) is 9.59 Å². The Hall–Kier alpha value is -2.14. The molecule has 0 radical (unpaired) electrons. The zero-order valence-electron chi connectivity index (χ0n) is 15.0. The largest absolute Gasteiger partial charge is 0.444 e. The molecule has 1 atom stereocenters. The highest BCUT2D eigenvalue weighted by atomic mass is 16.6. The Balaban J connectivity index is 2.26. The van der Waals surface area contributed by atoms with Gasteiger partial charge in [-0.25, -0.2) is 4.79 Å². The van der Waals surface area contributed by atoms with Crippen molar-refractivity contribution in [3.8, 4) is 0 Å². The maximum Gasteiger partial charge on any atom is 0.413 e. The Kier molecular flexibility index (Phi) is 4.85. The fraction of sp³-hybridized carbons (Fsp3) is 0.474. The van der Waals surface area contributed by atoms with Gasteiger partial charge in [0, 0.05) is 11.1 Å². The summed E-state index contributed by atoms with van der Waals surface area (Å²) in [5.74, 6) is -0.199. The van der Waals surface area contributed by atoms with E-state index in [1.165, 1.54) is 4.90 Å². The van der Waals surface area contributed by atoms with E-state index in [0.717, 1.165) is 0 Å². The third kappa shape index (κ3) is 3.85. The summed E-state index contributed by atoms with van der Waals surface area (Å²) in [4.78, 5) is 26.7. The molecule has 1 aromatic carbocycles. The number of ketones is 1. The molecule has 1 aromatic rings. The number of amides is 1. The molecule has 0 bridgehead atoms. The predicted octanol–water partition coefficient (Wildman–Crippen LogP) is 3.80. The molecule has 1 aliphatic heterocycles. The lowest BCUT2D eigenvalue weighted by Gasteiger charge is -2.35. The van der Waals surface area contributed by atoms with Crippen molar-refractivity contribution >= 4 is 11.9 Å². The van der Waals surface area contributed by atoms with Crippen molar-refractivity contribution in [3.05, 3.63) is 48.0 Å². The van der Waals surface area contributed by atoms with Crippen LogP contribution in [0, 0.1) is 0 Å². The standard InChI is InChI=1S/C19H25NO4/c1-13(16(21)14-10-8-7-9-11-14)15-12-23-19(5,6)20(15)17(22)24-18(2,3)4/h7-11,15H,1,12H2,2-6H3/t15-/m0/s1. The lowest BCUT2D eigenvalue weighted by Crippen LogP contribution is -2.50. The molecule has 1 fully saturated rings. The zero-order valence-corrected chi connectivity index (χ0v) is 15.0. The van der Waals surface area contributed by atoms with Gasteiger partial charge in [-0.1, -0.05) is 36.9 Å². The van der Waals surface area contributed by atoms with Gasteiger partial charge in [0.15, 0.2) is 5.78 Å². The van der Waals surface area contributed by atoms with Crippen molar-refractivity contribution in [2.45, 2.75) is 52.0 Å². The second-order valence-corrected chi connectivity index (χ2v) is 7.34. The smallest absolute Gasteiger partial charge is 0.413 e. The fourth-order valence-electron chi connectivity index (χ4n) is 2.64. The van der Waals surface area contributed by atoms with Crippen molar-refractivity contribution in [2.75, 3.05) is 6.61 Å². The first-order valence-electron chi connectivity index (χ1n) is 7.98. The monoisotopic (exact) mass is 331 g/mol. The second-order valence-electron chi connectivity index (χ2n) is 7.34. The molecule has 2 rings (SSSR count). The van der Waals surface area contributed by atoms with E-state index in [4.69, 9.17) is 9.47 Å². The molecular weight excluding hydrogens is 306 g/mol. The molecule has 24 heavy (non-hydrogen) atoms. The van der Waals surface area contributed by atoms with Gasteiger partial charge >= 0.3 is 6.09 Å². The van der Waals surface area contributed by atoms with Crippen LogP contribution in [0.4, 0.5) is 4.79 Å². The molecular formula is C19H25NO4. The number of benzene rings is 1. The van der Waals surface area contributed by atoms with E-state index >= 15 is 0 Å². The molecule has 0 spiro atoms. The van der Waals surface area contributed by atoms with Gasteiger partial charge in [0.25, 0.3) is 0 Å². The minimum Gasteiger partial charge on any atom is -0.444 e. The summed E-state index contributed by atoms with van der Waals surface area (Å²) in [6.45, 7) is 13.1. The summed E-state index contributed by atoms with van der Waals surface area (Å²) >= 11 is 0. The Bertz CT molecular complexity index is 643. The van der Waals surface area contributed by atoms with Gasteiger partial charge in [0.2, 0.25) is 0 Å². The summed E-state index contributed by atoms with van der Waals surface area (Å²) in [5.41, 5.74) is -0.646. The van der Waals surface area contributed by atoms with Crippen LogP contribution < -0.4 is 0 Å². The molecule has 0 aliphatic carbocycles. The number of carbonyl (C=O) groups excluding carboxylic acids is 2. The normalized spacial score (nSPS) is 19.9. The van der Waals surface area contributed by atoms with E-state index < -0.39 is 23.5 Å². The van der Waals surface area contributed by atoms with Gasteiger partial charge in [-0.15, -0.1) is 0 Å². The van der Waals surface area contributed by atoms with Crippen LogP contribution in [-0.4, -0.2) is 40.8 Å². The number of nitrogens with zero attached hydrogens (tertiary/aromatic N) is 1. The van der Waals surface area contributed by atoms with E-state index in [2.05, 4.69) is 6.58 Å². The first-order chi connectivity index (χ1) is 11.0. The topological polar surface area (TPSA) is 55.8 Å². The van der Waals surface area contributed by atoms with E-state index in [0.29, 0.717) is 11.1 Å². The van der Waals surface area contributed by atoms with Crippen LogP contribution in [0.3, 0.4) is 0 Å². The quantitative estimate of drug-likeness (QED) is 0.624. The van der Waals surface area contributed by atoms with Crippen LogP contribution >= 0.6 is 0 Å². The maximum absolute atomic E-state index is 12.7. The minimum atomic E-state index is -0.868. The molecule has 0 saturated carbocycles. The van der Waals surface area contributed by atoms with Gasteiger partial charge in [0.1, 0.15) is 11.3 Å². The number of carbonyl (C=O) groups is 2. The summed E-state index contributed by atoms with van der Waals surface area (Å²) < 4.78 is 11.2. The van der Waals surface area contributed by atoms with Crippen molar-refractivity contribution in [3.63, 3.8) is 0 Å². The summed E-state index contributed by atoms with van der Waals surface area (Å²) in [7, 11) is 0. The highest BCUT2D eigenvalue weighted by Crippen LogP contribution is 2.33. The first-order valence-corrected chi connectivity index (χ1v) is 7.98. The molecule has 0 aromatic heterocycles. The maximum atomic E-state index is 12.7. The average molecular weight is 331 g/mol. The first kappa shape index (κ1) is 18.2. The summed E-state index contributed by atoms with van der Waals surface area (Å²) in [6.07, 6.45) is -0.517. The van der Waals surface area contributed by atoms with Crippen molar-refractivity contribution in [1.82, 2.24) is 4.90 Å². The summed E-state index contributed by atoms with van der Waals surface area (Å²) in [5, 5.41) is 0. The van der Waals surface area contributed by atoms with E-state index in [1.807, 2.05) is 6.07 Å². The predicted molar refractivity (Wildman–Crippen MR) is 91.8 cm³/mol. The molecule has 1 aliphatic rings. The lowest BCUT2D eigenvalue weighted by atomic mass is 9.98. The zero-order chi connectivity index (χ0) is 18.1. The molecule has 130 valence electrons. The van der Waals surface area contributed by atoms with Crippen molar-refractivity contribution < 1.29 is 19.1 Å². The van der Waals surface area contributed by atoms with Crippen LogP contribution in [-0.2, 0) is 9.47 Å². The molecule has 0 N–H and O–H groups in total.